The van der Waals surface area contributed by atoms with Gasteiger partial charge in [0.2, 0.25) is 0 Å². The van der Waals surface area contributed by atoms with Gasteiger partial charge in [0, 0.05) is 12.4 Å². The van der Waals surface area contributed by atoms with Crippen LogP contribution in [-0.2, 0) is 41.0 Å². The minimum Gasteiger partial charge on any atom is -0.283 e. The highest BCUT2D eigenvalue weighted by molar-refractivity contribution is 7.92. The van der Waals surface area contributed by atoms with Crippen LogP contribution in [0.25, 0.3) is 0 Å². The number of hydrogen-bond acceptors (Lipinski definition) is 8. The zero-order chi connectivity index (χ0) is 12.4. The number of rotatable bonds is 4. The lowest BCUT2D eigenvalue weighted by atomic mass is 10.7. The maximum atomic E-state index is 9.99. The van der Waals surface area contributed by atoms with E-state index in [0.29, 0.717) is 0 Å². The average molecular weight is 290 g/mol. The molecular formula is C4H6N2O7S3. The fraction of sp³-hybridized carbons (Fsp3) is 0. The van der Waals surface area contributed by atoms with E-state index < -0.39 is 33.7 Å². The van der Waals surface area contributed by atoms with Crippen LogP contribution in [0.4, 0.5) is 0 Å². The van der Waals surface area contributed by atoms with Crippen molar-refractivity contribution in [3.05, 3.63) is 24.8 Å². The molecule has 0 aliphatic heterocycles. The number of nitrogens with zero attached hydrogens (tertiary/aromatic N) is 2. The van der Waals surface area contributed by atoms with Gasteiger partial charge in [0.25, 0.3) is 11.0 Å². The van der Waals surface area contributed by atoms with Crippen molar-refractivity contribution in [1.29, 1.82) is 0 Å². The molecule has 9 nitrogen and oxygen atoms in total. The molecule has 0 radical (unpaired) electrons. The standard InChI is InChI=1S/C4H4N2.H2O7S3/c1-2-5-4-6-3-1;1-8(2)6-10(5)7-9(3)4/h1-4H;8H,(H,3,4). The molecule has 16 heavy (non-hydrogen) atoms. The monoisotopic (exact) mass is 290 g/mol. The molecule has 0 aliphatic carbocycles. The molecule has 0 saturated carbocycles. The smallest absolute Gasteiger partial charge is 0.283 e. The summed E-state index contributed by atoms with van der Waals surface area (Å²) in [5, 5.41) is 0. The number of thiol groups is 1. The lowest BCUT2D eigenvalue weighted by Crippen LogP contribution is -2.02. The summed E-state index contributed by atoms with van der Waals surface area (Å²) >= 11 is -5.53. The van der Waals surface area contributed by atoms with Gasteiger partial charge in [-0.25, -0.2) is 18.4 Å². The van der Waals surface area contributed by atoms with E-state index in [1.54, 1.807) is 18.5 Å². The maximum absolute atomic E-state index is 9.99. The zero-order valence-corrected chi connectivity index (χ0v) is 9.89. The van der Waals surface area contributed by atoms with E-state index in [1.165, 1.54) is 6.33 Å². The Morgan fingerprint density at radius 2 is 1.75 bits per heavy atom. The molecule has 0 amide bonds. The van der Waals surface area contributed by atoms with Crippen molar-refractivity contribution in [3.8, 4) is 0 Å². The van der Waals surface area contributed by atoms with Gasteiger partial charge in [-0.1, -0.05) is 0 Å². The van der Waals surface area contributed by atoms with E-state index in [-0.39, 0.29) is 0 Å². The summed E-state index contributed by atoms with van der Waals surface area (Å²) in [6, 6.07) is 1.78. The normalized spacial score (nSPS) is 13.6. The zero-order valence-electron chi connectivity index (χ0n) is 7.36. The van der Waals surface area contributed by atoms with Crippen molar-refractivity contribution in [2.75, 3.05) is 0 Å². The third kappa shape index (κ3) is 11.3. The van der Waals surface area contributed by atoms with Crippen molar-refractivity contribution in [1.82, 2.24) is 9.97 Å². The Morgan fingerprint density at radius 3 is 2.00 bits per heavy atom. The molecule has 1 aromatic heterocycles. The van der Waals surface area contributed by atoms with Gasteiger partial charge >= 0.3 is 22.7 Å². The molecule has 0 aromatic carbocycles. The first-order chi connectivity index (χ1) is 7.52. The maximum Gasteiger partial charge on any atom is 0.336 e. The first kappa shape index (κ1) is 15.2. The summed E-state index contributed by atoms with van der Waals surface area (Å²) in [5.74, 6) is 0. The summed E-state index contributed by atoms with van der Waals surface area (Å²) in [6.45, 7) is 0. The highest BCUT2D eigenvalue weighted by Gasteiger charge is 2.05. The third-order valence-electron chi connectivity index (χ3n) is 0.713. The summed E-state index contributed by atoms with van der Waals surface area (Å²) < 4.78 is 53.4. The Labute approximate surface area is 97.3 Å². The van der Waals surface area contributed by atoms with Crippen LogP contribution in [0.1, 0.15) is 0 Å². The summed E-state index contributed by atoms with van der Waals surface area (Å²) in [6.07, 6.45) is 4.88. The number of aromatic nitrogens is 2. The second-order valence-electron chi connectivity index (χ2n) is 1.69. The molecule has 92 valence electrons. The lowest BCUT2D eigenvalue weighted by molar-refractivity contribution is 0.431. The van der Waals surface area contributed by atoms with E-state index >= 15 is 0 Å². The highest BCUT2D eigenvalue weighted by atomic mass is 32.3. The predicted octanol–water partition coefficient (Wildman–Crippen LogP) is -1.26. The quantitative estimate of drug-likeness (QED) is 0.514. The van der Waals surface area contributed by atoms with Gasteiger partial charge < -0.3 is 0 Å². The van der Waals surface area contributed by atoms with E-state index in [2.05, 4.69) is 17.2 Å². The van der Waals surface area contributed by atoms with Crippen molar-refractivity contribution in [2.24, 2.45) is 0 Å². The van der Waals surface area contributed by atoms with E-state index in [1.807, 2.05) is 0 Å². The summed E-state index contributed by atoms with van der Waals surface area (Å²) in [5.41, 5.74) is 0. The first-order valence-corrected chi connectivity index (χ1v) is 6.39. The SMILES string of the molecule is O=S(O)OS(=O)O[SH](=O)=O.c1cncnc1. The molecule has 1 rings (SSSR count). The summed E-state index contributed by atoms with van der Waals surface area (Å²) in [7, 11) is -3.34. The Kier molecular flexibility index (Phi) is 8.97. The minimum atomic E-state index is -3.34. The van der Waals surface area contributed by atoms with Crippen LogP contribution in [0.5, 0.6) is 0 Å². The first-order valence-electron chi connectivity index (χ1n) is 3.26. The largest absolute Gasteiger partial charge is 0.336 e. The van der Waals surface area contributed by atoms with Crippen LogP contribution in [0.2, 0.25) is 0 Å². The van der Waals surface area contributed by atoms with E-state index in [0.717, 1.165) is 0 Å². The van der Waals surface area contributed by atoms with Gasteiger partial charge in [0.15, 0.2) is 0 Å². The molecule has 0 spiro atoms. The Balaban J connectivity index is 0.000000315. The van der Waals surface area contributed by atoms with Crippen LogP contribution in [0.15, 0.2) is 24.8 Å². The van der Waals surface area contributed by atoms with Gasteiger partial charge in [-0.3, -0.25) is 4.55 Å². The molecule has 1 N–H and O–H groups in total. The van der Waals surface area contributed by atoms with E-state index in [9.17, 15) is 16.8 Å². The molecule has 0 aliphatic rings. The minimum absolute atomic E-state index is 1.50. The molecule has 2 unspecified atom stereocenters. The van der Waals surface area contributed by atoms with Crippen molar-refractivity contribution >= 4 is 33.7 Å². The van der Waals surface area contributed by atoms with E-state index in [4.69, 9.17) is 4.55 Å². The van der Waals surface area contributed by atoms with Crippen LogP contribution >= 0.6 is 0 Å². The van der Waals surface area contributed by atoms with Crippen molar-refractivity contribution in [3.63, 3.8) is 0 Å². The topological polar surface area (TPSA) is 133 Å². The molecule has 1 heterocycles. The fourth-order valence-electron chi connectivity index (χ4n) is 0.363. The van der Waals surface area contributed by atoms with Crippen molar-refractivity contribution in [2.45, 2.75) is 0 Å². The third-order valence-corrected chi connectivity index (χ3v) is 2.60. The average Bonchev–Trinajstić information content (AvgIpc) is 2.18. The molecule has 0 saturated heterocycles. The van der Waals surface area contributed by atoms with Crippen molar-refractivity contribution < 1.29 is 28.6 Å². The Bertz CT molecular complexity index is 373. The lowest BCUT2D eigenvalue weighted by Gasteiger charge is -1.89. The molecule has 2 atom stereocenters. The Morgan fingerprint density at radius 1 is 1.19 bits per heavy atom. The van der Waals surface area contributed by atoms with Crippen LogP contribution < -0.4 is 0 Å². The number of hydrogen-bond donors (Lipinski definition) is 2. The highest BCUT2D eigenvalue weighted by Crippen LogP contribution is 1.90. The van der Waals surface area contributed by atoms with Crippen LogP contribution in [0.3, 0.4) is 0 Å². The van der Waals surface area contributed by atoms with Gasteiger partial charge in [-0.15, -0.1) is 7.26 Å². The predicted molar refractivity (Wildman–Crippen MR) is 53.4 cm³/mol. The second-order valence-corrected chi connectivity index (χ2v) is 4.12. The molecule has 12 heteroatoms. The molecular weight excluding hydrogens is 284 g/mol. The van der Waals surface area contributed by atoms with Gasteiger partial charge in [0.05, 0.1) is 0 Å². The molecule has 1 aromatic rings. The second kappa shape index (κ2) is 9.44. The Hall–Kier alpha value is -0.790. The van der Waals surface area contributed by atoms with Gasteiger partial charge in [-0.05, 0) is 6.07 Å². The van der Waals surface area contributed by atoms with Gasteiger partial charge in [-0.2, -0.15) is 8.42 Å². The fourth-order valence-corrected chi connectivity index (χ4v) is 1.46. The molecule has 0 fully saturated rings. The van der Waals surface area contributed by atoms with Crippen LogP contribution in [0, 0.1) is 0 Å². The summed E-state index contributed by atoms with van der Waals surface area (Å²) in [4.78, 5) is 7.35. The molecule has 0 bridgehead atoms. The van der Waals surface area contributed by atoms with Crippen LogP contribution in [-0.4, -0.2) is 31.4 Å². The van der Waals surface area contributed by atoms with Gasteiger partial charge in [0.1, 0.15) is 6.33 Å².